The first-order valence-electron chi connectivity index (χ1n) is 4.20. The Morgan fingerprint density at radius 1 is 1.38 bits per heavy atom. The van der Waals surface area contributed by atoms with Crippen LogP contribution in [-0.2, 0) is 4.84 Å². The molecule has 2 N–H and O–H groups in total. The molecule has 0 atom stereocenters. The summed E-state index contributed by atoms with van der Waals surface area (Å²) in [5.41, 5.74) is 0. The van der Waals surface area contributed by atoms with E-state index < -0.39 is 6.09 Å². The molecule has 1 rings (SSSR count). The van der Waals surface area contributed by atoms with Crippen LogP contribution >= 0.6 is 0 Å². The fourth-order valence-electron chi connectivity index (χ4n) is 1.17. The lowest BCUT2D eigenvalue weighted by atomic mass is 10.5. The highest BCUT2D eigenvalue weighted by atomic mass is 16.7. The number of hydrogen-bond acceptors (Lipinski definition) is 4. The molecule has 13 heavy (non-hydrogen) atoms. The van der Waals surface area contributed by atoms with Gasteiger partial charge in [-0.05, 0) is 0 Å². The third-order valence-corrected chi connectivity index (χ3v) is 1.87. The molecule has 0 saturated carbocycles. The molecule has 6 heteroatoms. The largest absolute Gasteiger partial charge is 0.465 e. The summed E-state index contributed by atoms with van der Waals surface area (Å²) in [6.07, 6.45) is -0.922. The van der Waals surface area contributed by atoms with Gasteiger partial charge >= 0.3 is 6.09 Å². The average Bonchev–Trinajstić information content (AvgIpc) is 2.30. The first-order valence-corrected chi connectivity index (χ1v) is 4.20. The van der Waals surface area contributed by atoms with E-state index in [1.807, 2.05) is 0 Å². The molecular formula is C7H14N2O4. The van der Waals surface area contributed by atoms with Gasteiger partial charge in [0, 0.05) is 26.2 Å². The van der Waals surface area contributed by atoms with Crippen molar-refractivity contribution in [1.29, 1.82) is 0 Å². The van der Waals surface area contributed by atoms with E-state index in [1.165, 1.54) is 4.90 Å². The number of hydrogen-bond donors (Lipinski definition) is 2. The highest BCUT2D eigenvalue weighted by Gasteiger charge is 2.17. The zero-order valence-electron chi connectivity index (χ0n) is 7.35. The Hall–Kier alpha value is -0.850. The fraction of sp³-hybridized carbons (Fsp3) is 0.857. The summed E-state index contributed by atoms with van der Waals surface area (Å²) < 4.78 is 0. The van der Waals surface area contributed by atoms with Gasteiger partial charge in [0.25, 0.3) is 0 Å². The van der Waals surface area contributed by atoms with E-state index in [4.69, 9.17) is 15.1 Å². The second-order valence-corrected chi connectivity index (χ2v) is 2.76. The second kappa shape index (κ2) is 5.00. The van der Waals surface area contributed by atoms with Gasteiger partial charge in [-0.1, -0.05) is 0 Å². The molecule has 1 heterocycles. The zero-order chi connectivity index (χ0) is 9.68. The predicted molar refractivity (Wildman–Crippen MR) is 44.2 cm³/mol. The zero-order valence-corrected chi connectivity index (χ0v) is 7.35. The molecule has 0 spiro atoms. The number of β-amino-alcohol motifs (C(OH)–C–C–N with tert-alkyl or cyclic N) is 1. The Bertz CT molecular complexity index is 176. The van der Waals surface area contributed by atoms with E-state index in [0.717, 1.165) is 0 Å². The number of aliphatic hydroxyl groups is 1. The van der Waals surface area contributed by atoms with Crippen LogP contribution in [0.25, 0.3) is 0 Å². The summed E-state index contributed by atoms with van der Waals surface area (Å²) in [7, 11) is 0. The quantitative estimate of drug-likeness (QED) is 0.596. The normalized spacial score (nSPS) is 19.9. The number of carboxylic acid groups (broad SMARTS) is 1. The van der Waals surface area contributed by atoms with E-state index in [9.17, 15) is 4.79 Å². The molecule has 1 amide bonds. The Balaban J connectivity index is 2.35. The van der Waals surface area contributed by atoms with Crippen LogP contribution in [0.2, 0.25) is 0 Å². The van der Waals surface area contributed by atoms with Gasteiger partial charge < -0.3 is 15.1 Å². The molecule has 76 valence electrons. The van der Waals surface area contributed by atoms with Crippen LogP contribution < -0.4 is 0 Å². The first-order chi connectivity index (χ1) is 6.24. The van der Waals surface area contributed by atoms with E-state index in [1.54, 1.807) is 5.06 Å². The second-order valence-electron chi connectivity index (χ2n) is 2.76. The van der Waals surface area contributed by atoms with Crippen molar-refractivity contribution in [3.63, 3.8) is 0 Å². The van der Waals surface area contributed by atoms with Crippen LogP contribution in [0.4, 0.5) is 4.79 Å². The summed E-state index contributed by atoms with van der Waals surface area (Å²) in [6.45, 7) is 2.12. The first kappa shape index (κ1) is 10.2. The van der Waals surface area contributed by atoms with Gasteiger partial charge in [-0.25, -0.2) is 4.79 Å². The van der Waals surface area contributed by atoms with Crippen LogP contribution in [-0.4, -0.2) is 65.7 Å². The number of rotatable bonds is 2. The smallest absolute Gasteiger partial charge is 0.407 e. The van der Waals surface area contributed by atoms with Crippen LogP contribution in [0.5, 0.6) is 0 Å². The van der Waals surface area contributed by atoms with Crippen molar-refractivity contribution < 1.29 is 19.8 Å². The Morgan fingerprint density at radius 3 is 2.77 bits per heavy atom. The highest BCUT2D eigenvalue weighted by molar-refractivity contribution is 5.64. The van der Waals surface area contributed by atoms with Crippen molar-refractivity contribution in [2.45, 2.75) is 0 Å². The van der Waals surface area contributed by atoms with Crippen molar-refractivity contribution in [1.82, 2.24) is 9.96 Å². The summed E-state index contributed by atoms with van der Waals surface area (Å²) in [4.78, 5) is 17.1. The number of carbonyl (C=O) groups is 1. The Morgan fingerprint density at radius 2 is 2.15 bits per heavy atom. The minimum absolute atomic E-state index is 0.0209. The number of amides is 1. The van der Waals surface area contributed by atoms with Crippen LogP contribution in [0.15, 0.2) is 0 Å². The summed E-state index contributed by atoms with van der Waals surface area (Å²) >= 11 is 0. The van der Waals surface area contributed by atoms with Crippen molar-refractivity contribution in [3.8, 4) is 0 Å². The minimum atomic E-state index is -0.922. The van der Waals surface area contributed by atoms with Crippen LogP contribution in [0, 0.1) is 0 Å². The molecule has 1 fully saturated rings. The maximum Gasteiger partial charge on any atom is 0.407 e. The molecule has 6 nitrogen and oxygen atoms in total. The molecule has 0 radical (unpaired) electrons. The molecule has 0 aromatic heterocycles. The standard InChI is InChI=1S/C7H14N2O4/c10-5-3-9-2-1-8(7(11)12)4-6-13-9/h10H,1-6H2,(H,11,12). The van der Waals surface area contributed by atoms with Crippen molar-refractivity contribution in [2.24, 2.45) is 0 Å². The Labute approximate surface area is 76.3 Å². The maximum absolute atomic E-state index is 10.6. The lowest BCUT2D eigenvalue weighted by molar-refractivity contribution is -0.152. The Kier molecular flexibility index (Phi) is 3.94. The van der Waals surface area contributed by atoms with Gasteiger partial charge in [-0.3, -0.25) is 4.84 Å². The topological polar surface area (TPSA) is 73.2 Å². The third kappa shape index (κ3) is 3.17. The van der Waals surface area contributed by atoms with E-state index in [0.29, 0.717) is 32.8 Å². The summed E-state index contributed by atoms with van der Waals surface area (Å²) in [5.74, 6) is 0. The molecular weight excluding hydrogens is 176 g/mol. The number of aliphatic hydroxyl groups excluding tert-OH is 1. The summed E-state index contributed by atoms with van der Waals surface area (Å²) in [6, 6.07) is 0. The molecule has 0 aromatic carbocycles. The molecule has 0 aromatic rings. The predicted octanol–water partition coefficient (Wildman–Crippen LogP) is -0.794. The molecule has 0 bridgehead atoms. The molecule has 1 aliphatic heterocycles. The maximum atomic E-state index is 10.6. The van der Waals surface area contributed by atoms with Crippen molar-refractivity contribution in [2.75, 3.05) is 39.4 Å². The SMILES string of the molecule is O=C(O)N1CCON(CCO)CC1. The van der Waals surface area contributed by atoms with Gasteiger partial charge in [-0.15, -0.1) is 0 Å². The average molecular weight is 190 g/mol. The van der Waals surface area contributed by atoms with E-state index in [2.05, 4.69) is 0 Å². The van der Waals surface area contributed by atoms with Crippen molar-refractivity contribution >= 4 is 6.09 Å². The lowest BCUT2D eigenvalue weighted by Gasteiger charge is -2.17. The minimum Gasteiger partial charge on any atom is -0.465 e. The molecule has 0 aliphatic carbocycles. The van der Waals surface area contributed by atoms with E-state index in [-0.39, 0.29) is 6.61 Å². The van der Waals surface area contributed by atoms with Gasteiger partial charge in [0.15, 0.2) is 0 Å². The highest BCUT2D eigenvalue weighted by Crippen LogP contribution is 2.00. The molecule has 0 unspecified atom stereocenters. The van der Waals surface area contributed by atoms with Crippen molar-refractivity contribution in [3.05, 3.63) is 0 Å². The lowest BCUT2D eigenvalue weighted by Crippen LogP contribution is -2.34. The van der Waals surface area contributed by atoms with E-state index >= 15 is 0 Å². The van der Waals surface area contributed by atoms with Gasteiger partial charge in [0.1, 0.15) is 0 Å². The van der Waals surface area contributed by atoms with Crippen LogP contribution in [0.3, 0.4) is 0 Å². The monoisotopic (exact) mass is 190 g/mol. The fourth-order valence-corrected chi connectivity index (χ4v) is 1.17. The molecule has 1 aliphatic rings. The number of hydroxylamine groups is 2. The number of nitrogens with zero attached hydrogens (tertiary/aromatic N) is 2. The summed E-state index contributed by atoms with van der Waals surface area (Å²) in [5, 5.41) is 18.9. The van der Waals surface area contributed by atoms with Crippen LogP contribution in [0.1, 0.15) is 0 Å². The van der Waals surface area contributed by atoms with Gasteiger partial charge in [-0.2, -0.15) is 5.06 Å². The van der Waals surface area contributed by atoms with Gasteiger partial charge in [0.05, 0.1) is 13.2 Å². The van der Waals surface area contributed by atoms with Gasteiger partial charge in [0.2, 0.25) is 0 Å². The third-order valence-electron chi connectivity index (χ3n) is 1.87. The molecule has 1 saturated heterocycles.